The number of amides is 2. The molecule has 0 radical (unpaired) electrons. The SMILES string of the molecule is CN=C(C=C(N)C1CC1)C(=O)NCc1cccc(NS(=O)(=O)c2ccc(C(=O)N3CCN(S(C)(=O)=O)CC3)cc2)c1C. The summed E-state index contributed by atoms with van der Waals surface area (Å²) in [4.78, 5) is 31.1. The van der Waals surface area contributed by atoms with Crippen LogP contribution in [0.5, 0.6) is 0 Å². The highest BCUT2D eigenvalue weighted by Gasteiger charge is 2.27. The van der Waals surface area contributed by atoms with Crippen LogP contribution < -0.4 is 15.8 Å². The monoisotopic (exact) mass is 616 g/mol. The maximum absolute atomic E-state index is 13.2. The van der Waals surface area contributed by atoms with Gasteiger partial charge in [-0.1, -0.05) is 12.1 Å². The summed E-state index contributed by atoms with van der Waals surface area (Å²) in [5.74, 6) is -0.367. The number of rotatable bonds is 10. The summed E-state index contributed by atoms with van der Waals surface area (Å²) in [5, 5.41) is 2.82. The number of anilines is 1. The third-order valence-electron chi connectivity index (χ3n) is 7.36. The van der Waals surface area contributed by atoms with Gasteiger partial charge in [0, 0.05) is 51.0 Å². The lowest BCUT2D eigenvalue weighted by atomic mass is 10.1. The molecule has 0 unspecified atom stereocenters. The molecule has 42 heavy (non-hydrogen) atoms. The second-order valence-corrected chi connectivity index (χ2v) is 14.0. The number of nitrogens with one attached hydrogen (secondary N) is 2. The van der Waals surface area contributed by atoms with Crippen molar-refractivity contribution in [1.82, 2.24) is 14.5 Å². The Labute approximate surface area is 246 Å². The van der Waals surface area contributed by atoms with Crippen molar-refractivity contribution in [3.63, 3.8) is 0 Å². The van der Waals surface area contributed by atoms with Crippen molar-refractivity contribution < 1.29 is 26.4 Å². The maximum Gasteiger partial charge on any atom is 0.269 e. The number of carbonyl (C=O) groups excluding carboxylic acids is 2. The van der Waals surface area contributed by atoms with Gasteiger partial charge in [-0.25, -0.2) is 16.8 Å². The molecule has 1 heterocycles. The average molecular weight is 617 g/mol. The van der Waals surface area contributed by atoms with Gasteiger partial charge in [0.05, 0.1) is 16.8 Å². The van der Waals surface area contributed by atoms with Crippen molar-refractivity contribution in [3.05, 3.63) is 70.9 Å². The topological polar surface area (TPSA) is 171 Å². The molecule has 0 atom stereocenters. The Kier molecular flexibility index (Phi) is 9.38. The Hall–Kier alpha value is -3.75. The first kappa shape index (κ1) is 31.2. The molecule has 1 saturated heterocycles. The van der Waals surface area contributed by atoms with Crippen molar-refractivity contribution in [1.29, 1.82) is 0 Å². The van der Waals surface area contributed by atoms with Crippen molar-refractivity contribution >= 4 is 43.3 Å². The van der Waals surface area contributed by atoms with E-state index in [0.717, 1.165) is 24.7 Å². The molecule has 1 aliphatic heterocycles. The number of carbonyl (C=O) groups is 2. The number of allylic oxidation sites excluding steroid dienone is 1. The Morgan fingerprint density at radius 2 is 1.67 bits per heavy atom. The zero-order valence-electron chi connectivity index (χ0n) is 23.8. The zero-order valence-corrected chi connectivity index (χ0v) is 25.5. The second kappa shape index (κ2) is 12.6. The average Bonchev–Trinajstić information content (AvgIpc) is 3.81. The van der Waals surface area contributed by atoms with Crippen molar-refractivity contribution in [2.24, 2.45) is 16.6 Å². The van der Waals surface area contributed by atoms with Crippen LogP contribution in [0.25, 0.3) is 0 Å². The minimum atomic E-state index is -3.98. The molecular weight excluding hydrogens is 580 g/mol. The maximum atomic E-state index is 13.2. The van der Waals surface area contributed by atoms with Gasteiger partial charge in [-0.2, -0.15) is 4.31 Å². The van der Waals surface area contributed by atoms with Crippen LogP contribution in [0.3, 0.4) is 0 Å². The van der Waals surface area contributed by atoms with E-state index < -0.39 is 20.0 Å². The molecule has 2 amide bonds. The van der Waals surface area contributed by atoms with Crippen LogP contribution in [0, 0.1) is 12.8 Å². The first-order valence-electron chi connectivity index (χ1n) is 13.5. The fourth-order valence-electron chi connectivity index (χ4n) is 4.56. The van der Waals surface area contributed by atoms with Gasteiger partial charge in [0.15, 0.2) is 0 Å². The van der Waals surface area contributed by atoms with E-state index in [1.165, 1.54) is 35.6 Å². The zero-order chi connectivity index (χ0) is 30.7. The Bertz CT molecular complexity index is 1620. The molecule has 12 nitrogen and oxygen atoms in total. The van der Waals surface area contributed by atoms with E-state index in [1.807, 2.05) is 0 Å². The summed E-state index contributed by atoms with van der Waals surface area (Å²) in [5.41, 5.74) is 8.91. The standard InChI is InChI=1S/C28H36N6O6S2/c1-19-22(18-31-27(35)26(30-2)17-24(29)20-7-8-20)5-4-6-25(19)32-42(39,40)23-11-9-21(10-12-23)28(36)33-13-15-34(16-14-33)41(3,37)38/h4-6,9-12,17,20,32H,7-8,13-16,18,29H2,1-3H3,(H,31,35). The first-order valence-corrected chi connectivity index (χ1v) is 16.8. The lowest BCUT2D eigenvalue weighted by Crippen LogP contribution is -2.50. The number of hydrogen-bond donors (Lipinski definition) is 3. The van der Waals surface area contributed by atoms with E-state index in [1.54, 1.807) is 36.1 Å². The minimum absolute atomic E-state index is 0.0251. The normalized spacial score (nSPS) is 17.2. The van der Waals surface area contributed by atoms with Crippen LogP contribution in [-0.2, 0) is 31.4 Å². The van der Waals surface area contributed by atoms with E-state index in [4.69, 9.17) is 5.73 Å². The van der Waals surface area contributed by atoms with Gasteiger partial charge in [-0.3, -0.25) is 19.3 Å². The van der Waals surface area contributed by atoms with E-state index in [-0.39, 0.29) is 55.1 Å². The third kappa shape index (κ3) is 7.55. The Morgan fingerprint density at radius 1 is 1.02 bits per heavy atom. The summed E-state index contributed by atoms with van der Waals surface area (Å²) in [6.07, 6.45) is 4.76. The van der Waals surface area contributed by atoms with Crippen molar-refractivity contribution in [2.45, 2.75) is 31.2 Å². The molecule has 1 saturated carbocycles. The largest absolute Gasteiger partial charge is 0.402 e. The third-order valence-corrected chi connectivity index (χ3v) is 10.0. The molecule has 0 aromatic heterocycles. The van der Waals surface area contributed by atoms with Crippen LogP contribution in [-0.4, -0.2) is 83.0 Å². The predicted molar refractivity (Wildman–Crippen MR) is 161 cm³/mol. The van der Waals surface area contributed by atoms with Gasteiger partial charge in [0.25, 0.3) is 21.8 Å². The Morgan fingerprint density at radius 3 is 2.24 bits per heavy atom. The lowest BCUT2D eigenvalue weighted by molar-refractivity contribution is -0.114. The number of sulfonamides is 2. The van der Waals surface area contributed by atoms with Crippen molar-refractivity contribution in [2.75, 3.05) is 44.2 Å². The molecule has 2 fully saturated rings. The highest BCUT2D eigenvalue weighted by Crippen LogP contribution is 2.33. The summed E-state index contributed by atoms with van der Waals surface area (Å²) < 4.78 is 53.7. The molecule has 14 heteroatoms. The van der Waals surface area contributed by atoms with E-state index in [2.05, 4.69) is 15.0 Å². The highest BCUT2D eigenvalue weighted by molar-refractivity contribution is 7.92. The minimum Gasteiger partial charge on any atom is -0.402 e. The van der Waals surface area contributed by atoms with Gasteiger partial charge < -0.3 is 16.0 Å². The van der Waals surface area contributed by atoms with Crippen molar-refractivity contribution in [3.8, 4) is 0 Å². The van der Waals surface area contributed by atoms with Crippen LogP contribution in [0.2, 0.25) is 0 Å². The molecule has 0 spiro atoms. The van der Waals surface area contributed by atoms with E-state index in [0.29, 0.717) is 28.4 Å². The summed E-state index contributed by atoms with van der Waals surface area (Å²) in [6.45, 7) is 2.84. The first-order chi connectivity index (χ1) is 19.8. The van der Waals surface area contributed by atoms with Gasteiger partial charge in [0.1, 0.15) is 5.71 Å². The molecule has 4 N–H and O–H groups in total. The summed E-state index contributed by atoms with van der Waals surface area (Å²) in [6, 6.07) is 10.7. The summed E-state index contributed by atoms with van der Waals surface area (Å²) >= 11 is 0. The van der Waals surface area contributed by atoms with E-state index >= 15 is 0 Å². The van der Waals surface area contributed by atoms with E-state index in [9.17, 15) is 26.4 Å². The van der Waals surface area contributed by atoms with Gasteiger partial charge in [0.2, 0.25) is 10.0 Å². The molecule has 226 valence electrons. The molecule has 2 aliphatic rings. The molecular formula is C28H36N6O6S2. The number of nitrogens with zero attached hydrogens (tertiary/aromatic N) is 3. The number of benzene rings is 2. The molecule has 0 bridgehead atoms. The smallest absolute Gasteiger partial charge is 0.269 e. The fourth-order valence-corrected chi connectivity index (χ4v) is 6.51. The lowest BCUT2D eigenvalue weighted by Gasteiger charge is -2.33. The fraction of sp³-hybridized carbons (Fsp3) is 0.393. The van der Waals surface area contributed by atoms with Gasteiger partial charge >= 0.3 is 0 Å². The molecule has 1 aliphatic carbocycles. The molecule has 2 aromatic carbocycles. The van der Waals surface area contributed by atoms with Gasteiger partial charge in [-0.05, 0) is 73.2 Å². The summed E-state index contributed by atoms with van der Waals surface area (Å²) in [7, 11) is -5.78. The quantitative estimate of drug-likeness (QED) is 0.339. The molecule has 4 rings (SSSR count). The number of piperazine rings is 1. The van der Waals surface area contributed by atoms with Crippen LogP contribution in [0.1, 0.15) is 34.3 Å². The number of aliphatic imine (C=N–C) groups is 1. The molecule has 2 aromatic rings. The van der Waals surface area contributed by atoms with Crippen LogP contribution in [0.15, 0.2) is 64.1 Å². The Balaban J connectivity index is 1.39. The number of nitrogens with two attached hydrogens (primary N) is 1. The highest BCUT2D eigenvalue weighted by atomic mass is 32.2. The van der Waals surface area contributed by atoms with Crippen LogP contribution in [0.4, 0.5) is 5.69 Å². The number of hydrogen-bond acceptors (Lipinski definition) is 8. The van der Waals surface area contributed by atoms with Gasteiger partial charge in [-0.15, -0.1) is 0 Å². The second-order valence-electron chi connectivity index (χ2n) is 10.4. The predicted octanol–water partition coefficient (Wildman–Crippen LogP) is 1.45. The van der Waals surface area contributed by atoms with Crippen LogP contribution >= 0.6 is 0 Å².